The number of carbonyl (C=O) groups excluding carboxylic acids is 1. The zero-order valence-electron chi connectivity index (χ0n) is 10.4. The summed E-state index contributed by atoms with van der Waals surface area (Å²) in [6.07, 6.45) is 0. The van der Waals surface area contributed by atoms with Gasteiger partial charge in [-0.05, 0) is 15.9 Å². The fourth-order valence-corrected chi connectivity index (χ4v) is 2.94. The first kappa shape index (κ1) is 13.0. The van der Waals surface area contributed by atoms with Crippen molar-refractivity contribution in [1.29, 1.82) is 0 Å². The van der Waals surface area contributed by atoms with Crippen LogP contribution >= 0.6 is 15.9 Å². The highest BCUT2D eigenvalue weighted by Gasteiger charge is 2.48. The molecule has 0 aromatic heterocycles. The zero-order chi connectivity index (χ0) is 13.3. The second kappa shape index (κ2) is 4.70. The monoisotopic (exact) mass is 311 g/mol. The minimum absolute atomic E-state index is 0.232. The van der Waals surface area contributed by atoms with Gasteiger partial charge in [-0.3, -0.25) is 4.90 Å². The van der Waals surface area contributed by atoms with Crippen LogP contribution in [0.15, 0.2) is 35.4 Å². The fraction of sp³-hybridized carbons (Fsp3) is 0.333. The first-order valence-corrected chi connectivity index (χ1v) is 6.20. The van der Waals surface area contributed by atoms with E-state index in [0.29, 0.717) is 4.62 Å². The van der Waals surface area contributed by atoms with Gasteiger partial charge in [0.2, 0.25) is 5.72 Å². The van der Waals surface area contributed by atoms with E-state index in [1.54, 1.807) is 21.2 Å². The topological polar surface area (TPSA) is 45.1 Å². The van der Waals surface area contributed by atoms with E-state index in [4.69, 9.17) is 4.74 Å². The van der Waals surface area contributed by atoms with E-state index in [1.165, 1.54) is 9.91 Å². The Kier molecular flexibility index (Phi) is 3.41. The molecule has 0 aliphatic carbocycles. The van der Waals surface area contributed by atoms with Crippen molar-refractivity contribution >= 4 is 26.6 Å². The van der Waals surface area contributed by atoms with Crippen molar-refractivity contribution in [2.75, 3.05) is 21.2 Å². The summed E-state index contributed by atoms with van der Waals surface area (Å²) < 4.78 is 6.14. The third-order valence-corrected chi connectivity index (χ3v) is 3.71. The number of benzene rings is 1. The number of hydrogen-bond acceptors (Lipinski definition) is 3. The average molecular weight is 312 g/mol. The van der Waals surface area contributed by atoms with Crippen LogP contribution in [0.3, 0.4) is 0 Å². The van der Waals surface area contributed by atoms with Gasteiger partial charge in [0, 0.05) is 26.8 Å². The van der Waals surface area contributed by atoms with Crippen LogP contribution in [-0.4, -0.2) is 41.8 Å². The SMILES string of the molecule is COC1(c2ccccc2)C(Br)=NN(C)C(=O)N1C. The van der Waals surface area contributed by atoms with Crippen LogP contribution in [0, 0.1) is 0 Å². The summed E-state index contributed by atoms with van der Waals surface area (Å²) >= 11 is 3.41. The van der Waals surface area contributed by atoms with Gasteiger partial charge in [-0.25, -0.2) is 9.80 Å². The number of ether oxygens (including phenoxy) is 1. The maximum atomic E-state index is 12.1. The maximum absolute atomic E-state index is 12.1. The molecular formula is C12H14BrN3O2. The van der Waals surface area contributed by atoms with Gasteiger partial charge in [0.1, 0.15) is 0 Å². The van der Waals surface area contributed by atoms with Crippen molar-refractivity contribution in [2.24, 2.45) is 5.10 Å². The van der Waals surface area contributed by atoms with Crippen LogP contribution in [0.4, 0.5) is 4.79 Å². The van der Waals surface area contributed by atoms with Crippen molar-refractivity contribution in [2.45, 2.75) is 5.72 Å². The summed E-state index contributed by atoms with van der Waals surface area (Å²) in [4.78, 5) is 13.6. The largest absolute Gasteiger partial charge is 0.349 e. The predicted molar refractivity (Wildman–Crippen MR) is 72.4 cm³/mol. The Balaban J connectivity index is 2.62. The number of carbonyl (C=O) groups is 1. The van der Waals surface area contributed by atoms with E-state index in [9.17, 15) is 4.79 Å². The molecule has 96 valence electrons. The van der Waals surface area contributed by atoms with Crippen LogP contribution in [0.2, 0.25) is 0 Å². The summed E-state index contributed by atoms with van der Waals surface area (Å²) in [5.41, 5.74) is -0.169. The Morgan fingerprint density at radius 2 is 1.89 bits per heavy atom. The molecule has 0 fully saturated rings. The molecule has 0 spiro atoms. The highest BCUT2D eigenvalue weighted by atomic mass is 79.9. The van der Waals surface area contributed by atoms with Gasteiger partial charge in [0.25, 0.3) is 0 Å². The summed E-state index contributed by atoms with van der Waals surface area (Å²) in [5.74, 6) is 0. The van der Waals surface area contributed by atoms with Crippen molar-refractivity contribution in [3.63, 3.8) is 0 Å². The molecule has 0 saturated heterocycles. The predicted octanol–water partition coefficient (Wildman–Crippen LogP) is 2.19. The maximum Gasteiger partial charge on any atom is 0.342 e. The molecule has 5 nitrogen and oxygen atoms in total. The second-order valence-electron chi connectivity index (χ2n) is 3.97. The molecule has 1 aliphatic rings. The van der Waals surface area contributed by atoms with Gasteiger partial charge >= 0.3 is 6.03 Å². The van der Waals surface area contributed by atoms with Gasteiger partial charge in [-0.1, -0.05) is 30.3 Å². The molecule has 2 amide bonds. The van der Waals surface area contributed by atoms with Gasteiger partial charge in [-0.2, -0.15) is 5.10 Å². The summed E-state index contributed by atoms with van der Waals surface area (Å²) in [7, 11) is 4.84. The van der Waals surface area contributed by atoms with E-state index < -0.39 is 5.72 Å². The summed E-state index contributed by atoms with van der Waals surface area (Å²) in [6, 6.07) is 9.27. The number of nitrogens with zero attached hydrogens (tertiary/aromatic N) is 3. The Bertz CT molecular complexity index is 491. The molecule has 1 aromatic carbocycles. The molecule has 1 atom stereocenters. The lowest BCUT2D eigenvalue weighted by Gasteiger charge is -2.43. The molecule has 0 saturated carbocycles. The van der Waals surface area contributed by atoms with Gasteiger partial charge < -0.3 is 4.74 Å². The van der Waals surface area contributed by atoms with Crippen LogP contribution < -0.4 is 0 Å². The molecule has 1 heterocycles. The second-order valence-corrected chi connectivity index (χ2v) is 4.72. The van der Waals surface area contributed by atoms with Gasteiger partial charge in [0.15, 0.2) is 4.62 Å². The van der Waals surface area contributed by atoms with Gasteiger partial charge in [-0.15, -0.1) is 0 Å². The Morgan fingerprint density at radius 1 is 1.28 bits per heavy atom. The van der Waals surface area contributed by atoms with Crippen LogP contribution in [0.25, 0.3) is 0 Å². The quantitative estimate of drug-likeness (QED) is 0.840. The van der Waals surface area contributed by atoms with E-state index >= 15 is 0 Å². The van der Waals surface area contributed by atoms with Crippen LogP contribution in [0.1, 0.15) is 5.56 Å². The minimum atomic E-state index is -1.01. The lowest BCUT2D eigenvalue weighted by atomic mass is 10.0. The van der Waals surface area contributed by atoms with Crippen molar-refractivity contribution in [1.82, 2.24) is 9.91 Å². The molecule has 18 heavy (non-hydrogen) atoms. The Labute approximate surface area is 114 Å². The lowest BCUT2D eigenvalue weighted by Crippen LogP contribution is -2.58. The first-order chi connectivity index (χ1) is 8.54. The van der Waals surface area contributed by atoms with E-state index in [1.807, 2.05) is 30.3 Å². The van der Waals surface area contributed by atoms with Gasteiger partial charge in [0.05, 0.1) is 0 Å². The van der Waals surface area contributed by atoms with E-state index in [2.05, 4.69) is 21.0 Å². The molecule has 1 aliphatic heterocycles. The van der Waals surface area contributed by atoms with Crippen molar-refractivity contribution in [3.8, 4) is 0 Å². The number of amides is 2. The van der Waals surface area contributed by atoms with E-state index in [0.717, 1.165) is 5.56 Å². The Morgan fingerprint density at radius 3 is 2.44 bits per heavy atom. The standard InChI is InChI=1S/C12H14BrN3O2/c1-15-11(17)16(2)14-10(13)12(15,18-3)9-7-5-4-6-8-9/h4-8H,1-3H3. The summed E-state index contributed by atoms with van der Waals surface area (Å²) in [6.45, 7) is 0. The smallest absolute Gasteiger partial charge is 0.342 e. The molecule has 0 radical (unpaired) electrons. The lowest BCUT2D eigenvalue weighted by molar-refractivity contribution is -0.0619. The molecule has 2 rings (SSSR count). The van der Waals surface area contributed by atoms with Crippen LogP contribution in [-0.2, 0) is 10.5 Å². The summed E-state index contributed by atoms with van der Waals surface area (Å²) in [5, 5.41) is 5.43. The number of halogens is 1. The number of hydrogen-bond donors (Lipinski definition) is 0. The average Bonchev–Trinajstić information content (AvgIpc) is 2.39. The molecule has 6 heteroatoms. The Hall–Kier alpha value is -1.40. The molecule has 1 aromatic rings. The zero-order valence-corrected chi connectivity index (χ0v) is 12.0. The normalized spacial score (nSPS) is 24.2. The third kappa shape index (κ3) is 1.72. The molecule has 0 bridgehead atoms. The van der Waals surface area contributed by atoms with E-state index in [-0.39, 0.29) is 6.03 Å². The minimum Gasteiger partial charge on any atom is -0.349 e. The van der Waals surface area contributed by atoms with Crippen molar-refractivity contribution in [3.05, 3.63) is 35.9 Å². The van der Waals surface area contributed by atoms with Crippen LogP contribution in [0.5, 0.6) is 0 Å². The number of urea groups is 1. The highest BCUT2D eigenvalue weighted by molar-refractivity contribution is 9.18. The molecule has 1 unspecified atom stereocenters. The number of rotatable bonds is 2. The third-order valence-electron chi connectivity index (χ3n) is 3.01. The highest BCUT2D eigenvalue weighted by Crippen LogP contribution is 2.36. The number of hydrazone groups is 1. The fourth-order valence-electron chi connectivity index (χ4n) is 2.05. The molecular weight excluding hydrogens is 298 g/mol. The van der Waals surface area contributed by atoms with Crippen molar-refractivity contribution < 1.29 is 9.53 Å². The molecule has 0 N–H and O–H groups in total. The first-order valence-electron chi connectivity index (χ1n) is 5.41. The number of methoxy groups -OCH3 is 1.